The summed E-state index contributed by atoms with van der Waals surface area (Å²) in [5, 5.41) is 0. The van der Waals surface area contributed by atoms with Crippen molar-refractivity contribution in [2.75, 3.05) is 18.0 Å². The zero-order valence-corrected chi connectivity index (χ0v) is 16.8. The van der Waals surface area contributed by atoms with Gasteiger partial charge in [0.25, 0.3) is 0 Å². The topological polar surface area (TPSA) is 46.3 Å². The van der Waals surface area contributed by atoms with Gasteiger partial charge < -0.3 is 10.6 Å². The number of benzene rings is 2. The third-order valence-corrected chi connectivity index (χ3v) is 4.94. The Hall–Kier alpha value is -2.13. The average molecular weight is 353 g/mol. The first-order valence-corrected chi connectivity index (χ1v) is 9.56. The summed E-state index contributed by atoms with van der Waals surface area (Å²) in [5.41, 5.74) is 13.2. The van der Waals surface area contributed by atoms with Crippen molar-refractivity contribution in [2.24, 2.45) is 5.73 Å². The van der Waals surface area contributed by atoms with E-state index in [1.54, 1.807) is 6.92 Å². The van der Waals surface area contributed by atoms with Crippen molar-refractivity contribution in [3.05, 3.63) is 64.2 Å². The zero-order chi connectivity index (χ0) is 19.3. The van der Waals surface area contributed by atoms with E-state index >= 15 is 0 Å². The maximum absolute atomic E-state index is 12.0. The van der Waals surface area contributed by atoms with Crippen molar-refractivity contribution in [3.8, 4) is 0 Å². The van der Waals surface area contributed by atoms with Crippen LogP contribution in [0, 0.1) is 6.92 Å². The summed E-state index contributed by atoms with van der Waals surface area (Å²) in [6, 6.07) is 13.2. The number of carbonyl (C=O) groups is 1. The second-order valence-corrected chi connectivity index (χ2v) is 7.29. The Morgan fingerprint density at radius 1 is 1.12 bits per heavy atom. The van der Waals surface area contributed by atoms with Gasteiger partial charge in [-0.3, -0.25) is 4.79 Å². The Morgan fingerprint density at radius 2 is 1.81 bits per heavy atom. The van der Waals surface area contributed by atoms with Crippen LogP contribution in [0.25, 0.3) is 0 Å². The van der Waals surface area contributed by atoms with Gasteiger partial charge in [0.2, 0.25) is 5.91 Å². The van der Waals surface area contributed by atoms with Gasteiger partial charge >= 0.3 is 0 Å². The fourth-order valence-electron chi connectivity index (χ4n) is 3.48. The van der Waals surface area contributed by atoms with Crippen LogP contribution >= 0.6 is 0 Å². The van der Waals surface area contributed by atoms with Crippen molar-refractivity contribution in [3.63, 3.8) is 0 Å². The van der Waals surface area contributed by atoms with Crippen LogP contribution < -0.4 is 10.6 Å². The Kier molecular flexibility index (Phi) is 6.98. The van der Waals surface area contributed by atoms with Crippen LogP contribution in [-0.4, -0.2) is 19.0 Å². The van der Waals surface area contributed by atoms with E-state index in [1.165, 1.54) is 27.8 Å². The average Bonchev–Trinajstić information content (AvgIpc) is 2.58. The summed E-state index contributed by atoms with van der Waals surface area (Å²) < 4.78 is 0. The van der Waals surface area contributed by atoms with E-state index in [0.29, 0.717) is 19.0 Å². The van der Waals surface area contributed by atoms with E-state index in [2.05, 4.69) is 57.2 Å². The minimum Gasteiger partial charge on any atom is -0.330 e. The molecule has 2 rings (SSSR count). The Bertz CT molecular complexity index is 765. The lowest BCUT2D eigenvalue weighted by Crippen LogP contribution is -2.29. The fraction of sp³-hybridized carbons (Fsp3) is 0.435. The molecule has 0 atom stereocenters. The van der Waals surface area contributed by atoms with E-state index in [9.17, 15) is 4.79 Å². The maximum atomic E-state index is 12.0. The first-order chi connectivity index (χ1) is 12.4. The van der Waals surface area contributed by atoms with Gasteiger partial charge in [-0.1, -0.05) is 44.2 Å². The van der Waals surface area contributed by atoms with Crippen molar-refractivity contribution >= 4 is 11.6 Å². The molecule has 2 aromatic rings. The first kappa shape index (κ1) is 20.2. The predicted molar refractivity (Wildman–Crippen MR) is 111 cm³/mol. The molecule has 2 N–H and O–H groups in total. The summed E-state index contributed by atoms with van der Waals surface area (Å²) in [6.07, 6.45) is 1.83. The molecule has 0 saturated carbocycles. The molecular weight excluding hydrogens is 320 g/mol. The molecule has 0 fully saturated rings. The summed E-state index contributed by atoms with van der Waals surface area (Å²) >= 11 is 0. The molecule has 0 spiro atoms. The van der Waals surface area contributed by atoms with Crippen molar-refractivity contribution in [1.82, 2.24) is 0 Å². The van der Waals surface area contributed by atoms with Crippen molar-refractivity contribution < 1.29 is 4.79 Å². The minimum atomic E-state index is 0.0912. The first-order valence-electron chi connectivity index (χ1n) is 9.56. The van der Waals surface area contributed by atoms with Gasteiger partial charge in [-0.2, -0.15) is 0 Å². The lowest BCUT2D eigenvalue weighted by atomic mass is 9.93. The quantitative estimate of drug-likeness (QED) is 0.792. The lowest BCUT2D eigenvalue weighted by molar-refractivity contribution is -0.116. The molecule has 0 saturated heterocycles. The van der Waals surface area contributed by atoms with E-state index in [-0.39, 0.29) is 5.91 Å². The van der Waals surface area contributed by atoms with Gasteiger partial charge in [-0.15, -0.1) is 0 Å². The smallest absolute Gasteiger partial charge is 0.223 e. The van der Waals surface area contributed by atoms with Gasteiger partial charge in [-0.25, -0.2) is 0 Å². The third-order valence-electron chi connectivity index (χ3n) is 4.94. The van der Waals surface area contributed by atoms with Crippen molar-refractivity contribution in [1.29, 1.82) is 0 Å². The number of aryl methyl sites for hydroxylation is 1. The highest BCUT2D eigenvalue weighted by Gasteiger charge is 2.16. The van der Waals surface area contributed by atoms with Crippen molar-refractivity contribution in [2.45, 2.75) is 53.4 Å². The fourth-order valence-corrected chi connectivity index (χ4v) is 3.48. The number of carbonyl (C=O) groups excluding carboxylic acids is 1. The molecule has 0 aliphatic heterocycles. The SMILES string of the molecule is CCN(C(C)=O)c1ccc(Cc2ccc(CCN)cc2C)cc1C(C)C. The number of amides is 1. The third kappa shape index (κ3) is 4.73. The van der Waals surface area contributed by atoms with Gasteiger partial charge in [0.05, 0.1) is 0 Å². The maximum Gasteiger partial charge on any atom is 0.223 e. The van der Waals surface area contributed by atoms with Crippen LogP contribution in [0.15, 0.2) is 36.4 Å². The minimum absolute atomic E-state index is 0.0912. The summed E-state index contributed by atoms with van der Waals surface area (Å²) in [5.74, 6) is 0.458. The highest BCUT2D eigenvalue weighted by Crippen LogP contribution is 2.30. The van der Waals surface area contributed by atoms with E-state index in [1.807, 2.05) is 11.8 Å². The molecule has 3 heteroatoms. The molecule has 0 aliphatic carbocycles. The number of nitrogens with two attached hydrogens (primary N) is 1. The molecule has 1 amide bonds. The van der Waals surface area contributed by atoms with Gasteiger partial charge in [0.1, 0.15) is 0 Å². The summed E-state index contributed by atoms with van der Waals surface area (Å²) in [7, 11) is 0. The largest absolute Gasteiger partial charge is 0.330 e. The van der Waals surface area contributed by atoms with Gasteiger partial charge in [-0.05, 0) is 73.0 Å². The number of rotatable bonds is 7. The van der Waals surface area contributed by atoms with E-state index in [4.69, 9.17) is 5.73 Å². The lowest BCUT2D eigenvalue weighted by Gasteiger charge is -2.25. The zero-order valence-electron chi connectivity index (χ0n) is 16.8. The van der Waals surface area contributed by atoms with Crippen LogP contribution in [0.2, 0.25) is 0 Å². The number of hydrogen-bond acceptors (Lipinski definition) is 2. The van der Waals surface area contributed by atoms with Crippen LogP contribution in [0.5, 0.6) is 0 Å². The molecule has 26 heavy (non-hydrogen) atoms. The van der Waals surface area contributed by atoms with Gasteiger partial charge in [0, 0.05) is 19.2 Å². The highest BCUT2D eigenvalue weighted by molar-refractivity contribution is 5.92. The number of nitrogens with zero attached hydrogens (tertiary/aromatic N) is 1. The number of anilines is 1. The molecule has 2 aromatic carbocycles. The molecule has 0 aromatic heterocycles. The summed E-state index contributed by atoms with van der Waals surface area (Å²) in [6.45, 7) is 11.6. The van der Waals surface area contributed by atoms with Crippen LogP contribution in [0.3, 0.4) is 0 Å². The Balaban J connectivity index is 2.34. The molecular formula is C23H32N2O. The molecule has 0 aliphatic rings. The van der Waals surface area contributed by atoms with Gasteiger partial charge in [0.15, 0.2) is 0 Å². The normalized spacial score (nSPS) is 11.0. The highest BCUT2D eigenvalue weighted by atomic mass is 16.2. The standard InChI is InChI=1S/C23H32N2O/c1-6-25(18(5)26)23-10-8-20(15-22(23)16(2)3)14-21-9-7-19(11-12-24)13-17(21)4/h7-10,13,15-16H,6,11-12,14,24H2,1-5H3. The molecule has 0 radical (unpaired) electrons. The number of hydrogen-bond donors (Lipinski definition) is 1. The second kappa shape index (κ2) is 9.00. The van der Waals surface area contributed by atoms with E-state index in [0.717, 1.165) is 18.5 Å². The predicted octanol–water partition coefficient (Wildman–Crippen LogP) is 4.58. The Labute approximate surface area is 158 Å². The van der Waals surface area contributed by atoms with Crippen LogP contribution in [0.4, 0.5) is 5.69 Å². The van der Waals surface area contributed by atoms with E-state index < -0.39 is 0 Å². The molecule has 0 bridgehead atoms. The molecule has 0 heterocycles. The Morgan fingerprint density at radius 3 is 2.35 bits per heavy atom. The van der Waals surface area contributed by atoms with Crippen LogP contribution in [-0.2, 0) is 17.6 Å². The molecule has 140 valence electrons. The monoisotopic (exact) mass is 352 g/mol. The molecule has 3 nitrogen and oxygen atoms in total. The second-order valence-electron chi connectivity index (χ2n) is 7.29. The summed E-state index contributed by atoms with van der Waals surface area (Å²) in [4.78, 5) is 13.8. The molecule has 0 unspecified atom stereocenters. The van der Waals surface area contributed by atoms with Crippen LogP contribution in [0.1, 0.15) is 61.4 Å².